The molecule has 0 N–H and O–H groups in total. The number of ketones is 1. The average molecular weight is 357 g/mol. The molecule has 0 saturated heterocycles. The van der Waals surface area contributed by atoms with Crippen LogP contribution in [-0.4, -0.2) is 15.3 Å². The van der Waals surface area contributed by atoms with E-state index in [9.17, 15) is 9.59 Å². The van der Waals surface area contributed by atoms with E-state index in [-0.39, 0.29) is 11.3 Å². The van der Waals surface area contributed by atoms with Crippen LogP contribution in [0.2, 0.25) is 0 Å². The Morgan fingerprint density at radius 1 is 1.18 bits per heavy atom. The molecule has 0 radical (unpaired) electrons. The zero-order valence-corrected chi connectivity index (χ0v) is 13.4. The van der Waals surface area contributed by atoms with Crippen LogP contribution in [0.25, 0.3) is 10.9 Å². The maximum Gasteiger partial charge on any atom is 0.261 e. The summed E-state index contributed by atoms with van der Waals surface area (Å²) in [5.74, 6) is -0.112. The van der Waals surface area contributed by atoms with Gasteiger partial charge >= 0.3 is 0 Å². The molecule has 0 fully saturated rings. The number of rotatable bonds is 3. The Kier molecular flexibility index (Phi) is 3.90. The summed E-state index contributed by atoms with van der Waals surface area (Å²) in [7, 11) is 0. The van der Waals surface area contributed by atoms with Crippen molar-refractivity contribution in [1.82, 2.24) is 9.55 Å². The maximum absolute atomic E-state index is 12.6. The normalized spacial score (nSPS) is 12.3. The number of benzene rings is 2. The summed E-state index contributed by atoms with van der Waals surface area (Å²) >= 11 is 3.35. The predicted octanol–water partition coefficient (Wildman–Crippen LogP) is 3.60. The van der Waals surface area contributed by atoms with Crippen LogP contribution in [0.4, 0.5) is 0 Å². The fourth-order valence-corrected chi connectivity index (χ4v) is 2.71. The van der Waals surface area contributed by atoms with Crippen LogP contribution in [-0.2, 0) is 0 Å². The molecule has 0 aliphatic rings. The largest absolute Gasteiger partial charge is 0.292 e. The highest BCUT2D eigenvalue weighted by Gasteiger charge is 2.19. The number of halogens is 1. The van der Waals surface area contributed by atoms with Gasteiger partial charge in [0.2, 0.25) is 0 Å². The molecule has 3 rings (SSSR count). The average Bonchev–Trinajstić information content (AvgIpc) is 2.55. The van der Waals surface area contributed by atoms with E-state index < -0.39 is 6.04 Å². The van der Waals surface area contributed by atoms with Crippen molar-refractivity contribution in [2.24, 2.45) is 0 Å². The van der Waals surface area contributed by atoms with Gasteiger partial charge in [-0.1, -0.05) is 46.3 Å². The number of Topliss-reactive ketones (excluding diaryl/α,β-unsaturated/α-hetero) is 1. The van der Waals surface area contributed by atoms with Crippen molar-refractivity contribution in [3.05, 3.63) is 75.2 Å². The molecular weight excluding hydrogens is 344 g/mol. The Balaban J connectivity index is 2.08. The lowest BCUT2D eigenvalue weighted by atomic mass is 10.1. The van der Waals surface area contributed by atoms with Gasteiger partial charge in [0.05, 0.1) is 23.3 Å². The second-order valence-electron chi connectivity index (χ2n) is 5.02. The van der Waals surface area contributed by atoms with Crippen LogP contribution in [0.3, 0.4) is 0 Å². The monoisotopic (exact) mass is 356 g/mol. The minimum atomic E-state index is -0.606. The number of carbonyl (C=O) groups is 1. The predicted molar refractivity (Wildman–Crippen MR) is 89.2 cm³/mol. The first-order valence-corrected chi connectivity index (χ1v) is 7.63. The Morgan fingerprint density at radius 3 is 2.64 bits per heavy atom. The van der Waals surface area contributed by atoms with Gasteiger partial charge in [-0.05, 0) is 25.1 Å². The standard InChI is InChI=1S/C17H13BrN2O2/c1-11(16(21)12-5-3-2-4-6-12)20-10-19-15-8-7-13(18)9-14(15)17(20)22/h2-11H,1H3/t11-/m0/s1. The van der Waals surface area contributed by atoms with Gasteiger partial charge in [0.1, 0.15) is 0 Å². The van der Waals surface area contributed by atoms with Crippen molar-refractivity contribution in [3.63, 3.8) is 0 Å². The van der Waals surface area contributed by atoms with Gasteiger partial charge < -0.3 is 0 Å². The van der Waals surface area contributed by atoms with Crippen LogP contribution in [0.15, 0.2) is 64.1 Å². The number of hydrogen-bond acceptors (Lipinski definition) is 3. The molecule has 0 bridgehead atoms. The van der Waals surface area contributed by atoms with E-state index in [1.54, 1.807) is 43.3 Å². The highest BCUT2D eigenvalue weighted by Crippen LogP contribution is 2.17. The Labute approximate surface area is 135 Å². The summed E-state index contributed by atoms with van der Waals surface area (Å²) in [5, 5.41) is 0.490. The van der Waals surface area contributed by atoms with Gasteiger partial charge in [-0.15, -0.1) is 0 Å². The molecule has 1 aromatic heterocycles. The lowest BCUT2D eigenvalue weighted by molar-refractivity contribution is 0.0932. The maximum atomic E-state index is 12.6. The van der Waals surface area contributed by atoms with Gasteiger partial charge in [-0.25, -0.2) is 4.98 Å². The molecular formula is C17H13BrN2O2. The smallest absolute Gasteiger partial charge is 0.261 e. The van der Waals surface area contributed by atoms with Crippen LogP contribution in [0, 0.1) is 0 Å². The van der Waals surface area contributed by atoms with Gasteiger partial charge in [0.25, 0.3) is 5.56 Å². The Hall–Kier alpha value is -2.27. The number of carbonyl (C=O) groups excluding carboxylic acids is 1. The number of aromatic nitrogens is 2. The molecule has 0 saturated carbocycles. The van der Waals surface area contributed by atoms with Crippen molar-refractivity contribution >= 4 is 32.6 Å². The van der Waals surface area contributed by atoms with Crippen LogP contribution < -0.4 is 5.56 Å². The van der Waals surface area contributed by atoms with Crippen molar-refractivity contribution in [3.8, 4) is 0 Å². The first-order chi connectivity index (χ1) is 10.6. The van der Waals surface area contributed by atoms with E-state index in [2.05, 4.69) is 20.9 Å². The summed E-state index contributed by atoms with van der Waals surface area (Å²) in [5.41, 5.74) is 0.975. The Bertz CT molecular complexity index is 903. The van der Waals surface area contributed by atoms with Crippen molar-refractivity contribution in [2.75, 3.05) is 0 Å². The van der Waals surface area contributed by atoms with E-state index in [1.807, 2.05) is 12.1 Å². The molecule has 2 aromatic carbocycles. The van der Waals surface area contributed by atoms with Gasteiger partial charge in [-0.3, -0.25) is 14.2 Å². The van der Waals surface area contributed by atoms with E-state index in [0.717, 1.165) is 4.47 Å². The minimum Gasteiger partial charge on any atom is -0.292 e. The number of nitrogens with zero attached hydrogens (tertiary/aromatic N) is 2. The molecule has 1 atom stereocenters. The number of fused-ring (bicyclic) bond motifs is 1. The SMILES string of the molecule is C[C@@H](C(=O)c1ccccc1)n1cnc2ccc(Br)cc2c1=O. The number of hydrogen-bond donors (Lipinski definition) is 0. The second kappa shape index (κ2) is 5.85. The fourth-order valence-electron chi connectivity index (χ4n) is 2.35. The summed E-state index contributed by atoms with van der Waals surface area (Å²) in [6, 6.07) is 13.7. The molecule has 0 aliphatic carbocycles. The minimum absolute atomic E-state index is 0.112. The lowest BCUT2D eigenvalue weighted by Gasteiger charge is -2.14. The molecule has 3 aromatic rings. The third kappa shape index (κ3) is 2.60. The third-order valence-corrected chi connectivity index (χ3v) is 4.09. The van der Waals surface area contributed by atoms with E-state index >= 15 is 0 Å². The third-order valence-electron chi connectivity index (χ3n) is 3.60. The summed E-state index contributed by atoms with van der Waals surface area (Å²) in [4.78, 5) is 29.4. The first kappa shape index (κ1) is 14.7. The van der Waals surface area contributed by atoms with Crippen LogP contribution >= 0.6 is 15.9 Å². The summed E-state index contributed by atoms with van der Waals surface area (Å²) in [6.45, 7) is 1.71. The summed E-state index contributed by atoms with van der Waals surface area (Å²) < 4.78 is 2.18. The molecule has 1 heterocycles. The quantitative estimate of drug-likeness (QED) is 0.673. The summed E-state index contributed by atoms with van der Waals surface area (Å²) in [6.07, 6.45) is 1.43. The van der Waals surface area contributed by atoms with E-state index in [4.69, 9.17) is 0 Å². The molecule has 22 heavy (non-hydrogen) atoms. The Morgan fingerprint density at radius 2 is 1.91 bits per heavy atom. The fraction of sp³-hybridized carbons (Fsp3) is 0.118. The molecule has 0 spiro atoms. The topological polar surface area (TPSA) is 52.0 Å². The molecule has 0 unspecified atom stereocenters. The van der Waals surface area contributed by atoms with Crippen molar-refractivity contribution in [2.45, 2.75) is 13.0 Å². The van der Waals surface area contributed by atoms with Gasteiger partial charge in [0, 0.05) is 10.0 Å². The van der Waals surface area contributed by atoms with Gasteiger partial charge in [-0.2, -0.15) is 0 Å². The molecule has 5 heteroatoms. The van der Waals surface area contributed by atoms with E-state index in [0.29, 0.717) is 16.5 Å². The zero-order valence-electron chi connectivity index (χ0n) is 11.9. The van der Waals surface area contributed by atoms with Crippen molar-refractivity contribution < 1.29 is 4.79 Å². The molecule has 0 aliphatic heterocycles. The van der Waals surface area contributed by atoms with Gasteiger partial charge in [0.15, 0.2) is 5.78 Å². The van der Waals surface area contributed by atoms with Crippen molar-refractivity contribution in [1.29, 1.82) is 0 Å². The molecule has 0 amide bonds. The zero-order chi connectivity index (χ0) is 15.7. The highest BCUT2D eigenvalue weighted by atomic mass is 79.9. The highest BCUT2D eigenvalue weighted by molar-refractivity contribution is 9.10. The van der Waals surface area contributed by atoms with E-state index in [1.165, 1.54) is 10.9 Å². The second-order valence-corrected chi connectivity index (χ2v) is 5.94. The first-order valence-electron chi connectivity index (χ1n) is 6.83. The molecule has 110 valence electrons. The lowest BCUT2D eigenvalue weighted by Crippen LogP contribution is -2.28. The molecule has 4 nitrogen and oxygen atoms in total. The van der Waals surface area contributed by atoms with Crippen LogP contribution in [0.5, 0.6) is 0 Å². The van der Waals surface area contributed by atoms with Crippen LogP contribution in [0.1, 0.15) is 23.3 Å².